The molecule has 0 saturated heterocycles. The molecule has 102 valence electrons. The highest BCUT2D eigenvalue weighted by Crippen LogP contribution is 2.12. The number of aryl methyl sites for hydroxylation is 1. The van der Waals surface area contributed by atoms with Gasteiger partial charge in [-0.3, -0.25) is 4.79 Å². The molecule has 1 aromatic rings. The van der Waals surface area contributed by atoms with Crippen molar-refractivity contribution in [1.29, 1.82) is 0 Å². The fraction of sp³-hybridized carbons (Fsp3) is 0.400. The number of hydrogen-bond donors (Lipinski definition) is 1. The van der Waals surface area contributed by atoms with Crippen molar-refractivity contribution < 1.29 is 9.90 Å². The summed E-state index contributed by atoms with van der Waals surface area (Å²) in [5.41, 5.74) is 2.43. The van der Waals surface area contributed by atoms with E-state index in [4.69, 9.17) is 5.11 Å². The summed E-state index contributed by atoms with van der Waals surface area (Å²) >= 11 is 1.72. The summed E-state index contributed by atoms with van der Waals surface area (Å²) in [6.07, 6.45) is 2.02. The van der Waals surface area contributed by atoms with Crippen LogP contribution in [0.25, 0.3) is 0 Å². The van der Waals surface area contributed by atoms with Gasteiger partial charge in [-0.2, -0.15) is 11.8 Å². The summed E-state index contributed by atoms with van der Waals surface area (Å²) in [6.45, 7) is 2.49. The Balaban J connectivity index is 2.92. The molecular weight excluding hydrogens is 258 g/mol. The summed E-state index contributed by atoms with van der Waals surface area (Å²) in [4.78, 5) is 13.9. The van der Waals surface area contributed by atoms with Crippen molar-refractivity contribution in [2.45, 2.75) is 6.92 Å². The number of hydrogen-bond acceptors (Lipinski definition) is 3. The van der Waals surface area contributed by atoms with E-state index in [2.05, 4.69) is 11.8 Å². The number of aliphatic hydroxyl groups is 1. The van der Waals surface area contributed by atoms with E-state index in [1.165, 1.54) is 0 Å². The van der Waals surface area contributed by atoms with Crippen LogP contribution in [0.3, 0.4) is 0 Å². The number of amides is 1. The summed E-state index contributed by atoms with van der Waals surface area (Å²) in [5, 5.41) is 8.73. The van der Waals surface area contributed by atoms with E-state index in [-0.39, 0.29) is 12.5 Å². The number of benzene rings is 1. The zero-order valence-electron chi connectivity index (χ0n) is 11.6. The van der Waals surface area contributed by atoms with E-state index in [0.29, 0.717) is 5.56 Å². The smallest absolute Gasteiger partial charge is 0.253 e. The van der Waals surface area contributed by atoms with Gasteiger partial charge in [0.25, 0.3) is 5.91 Å². The maximum Gasteiger partial charge on any atom is 0.253 e. The average Bonchev–Trinajstić information content (AvgIpc) is 2.43. The maximum atomic E-state index is 12.2. The van der Waals surface area contributed by atoms with Crippen molar-refractivity contribution in [3.8, 4) is 11.8 Å². The van der Waals surface area contributed by atoms with Crippen LogP contribution in [0, 0.1) is 18.8 Å². The molecule has 0 saturated carbocycles. The normalized spacial score (nSPS) is 9.68. The third kappa shape index (κ3) is 4.62. The van der Waals surface area contributed by atoms with Gasteiger partial charge in [0, 0.05) is 30.5 Å². The van der Waals surface area contributed by atoms with Gasteiger partial charge in [0.2, 0.25) is 0 Å². The van der Waals surface area contributed by atoms with Crippen molar-refractivity contribution in [3.05, 3.63) is 34.9 Å². The molecule has 0 aromatic heterocycles. The van der Waals surface area contributed by atoms with Crippen LogP contribution in [0.1, 0.15) is 21.5 Å². The lowest BCUT2D eigenvalue weighted by atomic mass is 10.0. The Bertz CT molecular complexity index is 503. The van der Waals surface area contributed by atoms with E-state index in [1.807, 2.05) is 25.3 Å². The second-order valence-electron chi connectivity index (χ2n) is 4.21. The molecule has 0 radical (unpaired) electrons. The van der Waals surface area contributed by atoms with Crippen LogP contribution < -0.4 is 0 Å². The molecule has 0 fully saturated rings. The molecule has 1 aromatic carbocycles. The van der Waals surface area contributed by atoms with Crippen LogP contribution >= 0.6 is 11.8 Å². The summed E-state index contributed by atoms with van der Waals surface area (Å²) < 4.78 is 0. The number of carbonyl (C=O) groups is 1. The van der Waals surface area contributed by atoms with Crippen molar-refractivity contribution in [2.75, 3.05) is 32.2 Å². The standard InChI is InChI=1S/C15H19NO2S/c1-12-6-7-14(11-13(12)5-4-9-17)15(18)16(2)8-10-19-3/h6-7,11,17H,8-10H2,1-3H3. The molecule has 19 heavy (non-hydrogen) atoms. The highest BCUT2D eigenvalue weighted by Gasteiger charge is 2.12. The fourth-order valence-corrected chi connectivity index (χ4v) is 2.03. The predicted molar refractivity (Wildman–Crippen MR) is 80.5 cm³/mol. The van der Waals surface area contributed by atoms with Crippen molar-refractivity contribution in [3.63, 3.8) is 0 Å². The molecule has 3 nitrogen and oxygen atoms in total. The Morgan fingerprint density at radius 2 is 2.21 bits per heavy atom. The largest absolute Gasteiger partial charge is 0.384 e. The summed E-state index contributed by atoms with van der Waals surface area (Å²) in [7, 11) is 1.80. The van der Waals surface area contributed by atoms with Gasteiger partial charge in [-0.15, -0.1) is 0 Å². The van der Waals surface area contributed by atoms with Crippen LogP contribution in [0.5, 0.6) is 0 Å². The highest BCUT2D eigenvalue weighted by molar-refractivity contribution is 7.98. The van der Waals surface area contributed by atoms with Crippen LogP contribution in [0.4, 0.5) is 0 Å². The first-order valence-corrected chi connectivity index (χ1v) is 7.44. The van der Waals surface area contributed by atoms with Gasteiger partial charge in [-0.1, -0.05) is 17.9 Å². The van der Waals surface area contributed by atoms with Crippen LogP contribution in [0.2, 0.25) is 0 Å². The van der Waals surface area contributed by atoms with Gasteiger partial charge in [-0.05, 0) is 30.9 Å². The minimum absolute atomic E-state index is 0.00102. The molecule has 0 unspecified atom stereocenters. The number of nitrogens with zero attached hydrogens (tertiary/aromatic N) is 1. The van der Waals surface area contributed by atoms with Crippen LogP contribution in [0.15, 0.2) is 18.2 Å². The van der Waals surface area contributed by atoms with E-state index in [1.54, 1.807) is 29.8 Å². The molecule has 0 bridgehead atoms. The molecule has 0 aliphatic rings. The third-order valence-electron chi connectivity index (χ3n) is 2.76. The van der Waals surface area contributed by atoms with Crippen molar-refractivity contribution >= 4 is 17.7 Å². The molecule has 0 aliphatic carbocycles. The molecule has 1 N–H and O–H groups in total. The van der Waals surface area contributed by atoms with E-state index in [9.17, 15) is 4.79 Å². The summed E-state index contributed by atoms with van der Waals surface area (Å²) in [5.74, 6) is 6.40. The second-order valence-corrected chi connectivity index (χ2v) is 5.19. The van der Waals surface area contributed by atoms with Gasteiger partial charge < -0.3 is 10.0 Å². The van der Waals surface area contributed by atoms with E-state index < -0.39 is 0 Å². The third-order valence-corrected chi connectivity index (χ3v) is 3.35. The first kappa shape index (κ1) is 15.6. The minimum atomic E-state index is -0.175. The second kappa shape index (κ2) is 7.88. The molecule has 0 heterocycles. The van der Waals surface area contributed by atoms with Crippen LogP contribution in [-0.4, -0.2) is 48.1 Å². The first-order chi connectivity index (χ1) is 9.10. The Morgan fingerprint density at radius 1 is 1.47 bits per heavy atom. The fourth-order valence-electron chi connectivity index (χ4n) is 1.57. The number of aliphatic hydroxyl groups excluding tert-OH is 1. The number of carbonyl (C=O) groups excluding carboxylic acids is 1. The van der Waals surface area contributed by atoms with E-state index >= 15 is 0 Å². The zero-order chi connectivity index (χ0) is 14.3. The molecule has 0 atom stereocenters. The molecule has 1 rings (SSSR count). The Hall–Kier alpha value is -1.44. The molecule has 1 amide bonds. The Morgan fingerprint density at radius 3 is 2.84 bits per heavy atom. The zero-order valence-corrected chi connectivity index (χ0v) is 12.4. The lowest BCUT2D eigenvalue weighted by molar-refractivity contribution is 0.0803. The molecule has 0 spiro atoms. The average molecular weight is 277 g/mol. The van der Waals surface area contributed by atoms with Gasteiger partial charge in [0.05, 0.1) is 0 Å². The van der Waals surface area contributed by atoms with Gasteiger partial charge >= 0.3 is 0 Å². The summed E-state index contributed by atoms with van der Waals surface area (Å²) in [6, 6.07) is 5.49. The Labute approximate surface area is 119 Å². The molecule has 4 heteroatoms. The monoisotopic (exact) mass is 277 g/mol. The van der Waals surface area contributed by atoms with Crippen molar-refractivity contribution in [2.24, 2.45) is 0 Å². The predicted octanol–water partition coefficient (Wildman–Crippen LogP) is 1.77. The van der Waals surface area contributed by atoms with Crippen LogP contribution in [-0.2, 0) is 0 Å². The molecule has 0 aliphatic heterocycles. The maximum absolute atomic E-state index is 12.2. The number of thioether (sulfide) groups is 1. The van der Waals surface area contributed by atoms with Crippen molar-refractivity contribution in [1.82, 2.24) is 4.90 Å². The Kier molecular flexibility index (Phi) is 6.48. The lowest BCUT2D eigenvalue weighted by Gasteiger charge is -2.17. The van der Waals surface area contributed by atoms with Gasteiger partial charge in [0.1, 0.15) is 6.61 Å². The lowest BCUT2D eigenvalue weighted by Crippen LogP contribution is -2.28. The van der Waals surface area contributed by atoms with Gasteiger partial charge in [0.15, 0.2) is 0 Å². The topological polar surface area (TPSA) is 40.5 Å². The molecular formula is C15H19NO2S. The van der Waals surface area contributed by atoms with Gasteiger partial charge in [-0.25, -0.2) is 0 Å². The first-order valence-electron chi connectivity index (χ1n) is 6.05. The quantitative estimate of drug-likeness (QED) is 0.853. The van der Waals surface area contributed by atoms with E-state index in [0.717, 1.165) is 23.4 Å². The minimum Gasteiger partial charge on any atom is -0.384 e. The SMILES string of the molecule is CSCCN(C)C(=O)c1ccc(C)c(C#CCO)c1. The number of rotatable bonds is 4. The highest BCUT2D eigenvalue weighted by atomic mass is 32.2.